The number of carbonyl (C=O) groups excluding carboxylic acids is 1. The Morgan fingerprint density at radius 2 is 2.18 bits per heavy atom. The van der Waals surface area contributed by atoms with Crippen molar-refractivity contribution in [3.8, 4) is 0 Å². The van der Waals surface area contributed by atoms with Crippen molar-refractivity contribution in [2.45, 2.75) is 19.3 Å². The number of nitrogens with one attached hydrogen (secondary N) is 3. The fraction of sp³-hybridized carbons (Fsp3) is 0.412. The second-order valence-electron chi connectivity index (χ2n) is 5.85. The third-order valence-corrected chi connectivity index (χ3v) is 4.23. The first-order valence-electron chi connectivity index (χ1n) is 7.85. The molecule has 1 aromatic heterocycles. The summed E-state index contributed by atoms with van der Waals surface area (Å²) in [5.74, 6) is 0.455. The summed E-state index contributed by atoms with van der Waals surface area (Å²) in [6.45, 7) is 2.78. The molecule has 2 aromatic rings. The summed E-state index contributed by atoms with van der Waals surface area (Å²) in [4.78, 5) is 26.8. The van der Waals surface area contributed by atoms with Gasteiger partial charge in [0, 0.05) is 23.5 Å². The first kappa shape index (κ1) is 14.8. The van der Waals surface area contributed by atoms with Crippen molar-refractivity contribution in [1.29, 1.82) is 0 Å². The third-order valence-electron chi connectivity index (χ3n) is 4.23. The molecular formula is C17H21N3O2. The number of H-pyrrole nitrogens is 1. The highest BCUT2D eigenvalue weighted by molar-refractivity contribution is 6.05. The number of hydrogen-bond acceptors (Lipinski definition) is 3. The molecule has 116 valence electrons. The molecule has 1 fully saturated rings. The first-order valence-corrected chi connectivity index (χ1v) is 7.85. The van der Waals surface area contributed by atoms with Crippen LogP contribution in [0.1, 0.15) is 29.6 Å². The smallest absolute Gasteiger partial charge is 0.252 e. The largest absolute Gasteiger partial charge is 0.352 e. The number of piperidine rings is 1. The van der Waals surface area contributed by atoms with E-state index in [1.807, 2.05) is 18.2 Å². The molecule has 1 aliphatic rings. The van der Waals surface area contributed by atoms with Gasteiger partial charge in [-0.05, 0) is 44.3 Å². The van der Waals surface area contributed by atoms with Gasteiger partial charge in [-0.1, -0.05) is 18.2 Å². The number of amides is 1. The van der Waals surface area contributed by atoms with Crippen molar-refractivity contribution in [3.05, 3.63) is 46.2 Å². The van der Waals surface area contributed by atoms with E-state index in [0.29, 0.717) is 23.5 Å². The molecule has 0 aliphatic carbocycles. The second kappa shape index (κ2) is 6.75. The van der Waals surface area contributed by atoms with Crippen molar-refractivity contribution < 1.29 is 4.79 Å². The van der Waals surface area contributed by atoms with Crippen molar-refractivity contribution in [1.82, 2.24) is 15.6 Å². The lowest BCUT2D eigenvalue weighted by atomic mass is 9.96. The zero-order valence-electron chi connectivity index (χ0n) is 12.5. The Balaban J connectivity index is 1.68. The number of carbonyl (C=O) groups is 1. The van der Waals surface area contributed by atoms with Crippen LogP contribution in [-0.4, -0.2) is 30.5 Å². The fourth-order valence-corrected chi connectivity index (χ4v) is 3.05. The van der Waals surface area contributed by atoms with E-state index in [-0.39, 0.29) is 11.5 Å². The Kier molecular flexibility index (Phi) is 4.53. The first-order chi connectivity index (χ1) is 10.7. The summed E-state index contributed by atoms with van der Waals surface area (Å²) in [6, 6.07) is 8.74. The van der Waals surface area contributed by atoms with Crippen LogP contribution < -0.4 is 16.2 Å². The van der Waals surface area contributed by atoms with Crippen LogP contribution in [0.4, 0.5) is 0 Å². The second-order valence-corrected chi connectivity index (χ2v) is 5.85. The van der Waals surface area contributed by atoms with Crippen LogP contribution in [0.25, 0.3) is 10.9 Å². The number of benzene rings is 1. The number of rotatable bonds is 4. The molecule has 0 saturated carbocycles. The van der Waals surface area contributed by atoms with E-state index >= 15 is 0 Å². The molecule has 3 rings (SSSR count). The Bertz CT molecular complexity index is 717. The quantitative estimate of drug-likeness (QED) is 0.803. The fourth-order valence-electron chi connectivity index (χ4n) is 3.05. The van der Waals surface area contributed by atoms with E-state index in [9.17, 15) is 9.59 Å². The number of para-hydroxylation sites is 1. The van der Waals surface area contributed by atoms with Crippen LogP contribution in [0.15, 0.2) is 35.1 Å². The van der Waals surface area contributed by atoms with Gasteiger partial charge in [0.2, 0.25) is 5.56 Å². The predicted molar refractivity (Wildman–Crippen MR) is 87.1 cm³/mol. The van der Waals surface area contributed by atoms with Crippen molar-refractivity contribution in [3.63, 3.8) is 0 Å². The molecule has 5 nitrogen and oxygen atoms in total. The average molecular weight is 299 g/mol. The van der Waals surface area contributed by atoms with Crippen LogP contribution in [0.3, 0.4) is 0 Å². The lowest BCUT2D eigenvalue weighted by Crippen LogP contribution is -2.33. The van der Waals surface area contributed by atoms with Crippen molar-refractivity contribution >= 4 is 16.8 Å². The maximum Gasteiger partial charge on any atom is 0.252 e. The topological polar surface area (TPSA) is 74.0 Å². The zero-order valence-corrected chi connectivity index (χ0v) is 12.5. The number of aromatic nitrogens is 1. The standard InChI is InChI=1S/C17H21N3O2/c21-16-10-14(13-5-1-2-6-15(13)20-16)17(22)19-9-7-12-4-3-8-18-11-12/h1-2,5-6,10,12,18H,3-4,7-9,11H2,(H,19,22)(H,20,21). The number of aromatic amines is 1. The van der Waals surface area contributed by atoms with Crippen molar-refractivity contribution in [2.75, 3.05) is 19.6 Å². The summed E-state index contributed by atoms with van der Waals surface area (Å²) in [5.41, 5.74) is 0.887. The molecule has 2 heterocycles. The minimum Gasteiger partial charge on any atom is -0.352 e. The van der Waals surface area contributed by atoms with E-state index in [1.165, 1.54) is 18.9 Å². The molecule has 1 unspecified atom stereocenters. The minimum absolute atomic E-state index is 0.175. The van der Waals surface area contributed by atoms with Gasteiger partial charge in [0.15, 0.2) is 0 Å². The highest BCUT2D eigenvalue weighted by Gasteiger charge is 2.14. The number of pyridine rings is 1. The highest BCUT2D eigenvalue weighted by atomic mass is 16.2. The van der Waals surface area contributed by atoms with Gasteiger partial charge in [0.25, 0.3) is 5.91 Å². The summed E-state index contributed by atoms with van der Waals surface area (Å²) < 4.78 is 0. The average Bonchev–Trinajstić information content (AvgIpc) is 2.55. The lowest BCUT2D eigenvalue weighted by molar-refractivity contribution is 0.0952. The van der Waals surface area contributed by atoms with E-state index in [4.69, 9.17) is 0 Å². The van der Waals surface area contributed by atoms with E-state index in [0.717, 1.165) is 24.9 Å². The third kappa shape index (κ3) is 3.36. The van der Waals surface area contributed by atoms with Crippen molar-refractivity contribution in [2.24, 2.45) is 5.92 Å². The van der Waals surface area contributed by atoms with Gasteiger partial charge >= 0.3 is 0 Å². The van der Waals surface area contributed by atoms with E-state index < -0.39 is 0 Å². The molecule has 0 bridgehead atoms. The van der Waals surface area contributed by atoms with Crippen LogP contribution in [-0.2, 0) is 0 Å². The Morgan fingerprint density at radius 1 is 1.32 bits per heavy atom. The molecule has 0 radical (unpaired) electrons. The summed E-state index contributed by atoms with van der Waals surface area (Å²) >= 11 is 0. The van der Waals surface area contributed by atoms with Gasteiger partial charge in [-0.15, -0.1) is 0 Å². The highest BCUT2D eigenvalue weighted by Crippen LogP contribution is 2.15. The molecule has 5 heteroatoms. The van der Waals surface area contributed by atoms with Gasteiger partial charge in [0.1, 0.15) is 0 Å². The molecular weight excluding hydrogens is 278 g/mol. The SMILES string of the molecule is O=C(NCCC1CCCNC1)c1cc(=O)[nH]c2ccccc12. The van der Waals surface area contributed by atoms with Crippen LogP contribution in [0, 0.1) is 5.92 Å². The van der Waals surface area contributed by atoms with Crippen LogP contribution in [0.5, 0.6) is 0 Å². The molecule has 1 aliphatic heterocycles. The number of hydrogen-bond donors (Lipinski definition) is 3. The van der Waals surface area contributed by atoms with Crippen LogP contribution in [0.2, 0.25) is 0 Å². The predicted octanol–water partition coefficient (Wildman–Crippen LogP) is 1.65. The van der Waals surface area contributed by atoms with Gasteiger partial charge in [-0.3, -0.25) is 9.59 Å². The van der Waals surface area contributed by atoms with Crippen LogP contribution >= 0.6 is 0 Å². The lowest BCUT2D eigenvalue weighted by Gasteiger charge is -2.22. The Labute approximate surface area is 129 Å². The van der Waals surface area contributed by atoms with Gasteiger partial charge < -0.3 is 15.6 Å². The zero-order chi connectivity index (χ0) is 15.4. The minimum atomic E-state index is -0.250. The Hall–Kier alpha value is -2.14. The maximum atomic E-state index is 12.4. The maximum absolute atomic E-state index is 12.4. The summed E-state index contributed by atoms with van der Waals surface area (Å²) in [6.07, 6.45) is 3.40. The van der Waals surface area contributed by atoms with Gasteiger partial charge in [-0.2, -0.15) is 0 Å². The van der Waals surface area contributed by atoms with Gasteiger partial charge in [-0.25, -0.2) is 0 Å². The van der Waals surface area contributed by atoms with E-state index in [1.54, 1.807) is 6.07 Å². The number of fused-ring (bicyclic) bond motifs is 1. The molecule has 0 spiro atoms. The monoisotopic (exact) mass is 299 g/mol. The summed E-state index contributed by atoms with van der Waals surface area (Å²) in [5, 5.41) is 7.10. The molecule has 1 atom stereocenters. The molecule has 22 heavy (non-hydrogen) atoms. The molecule has 3 N–H and O–H groups in total. The van der Waals surface area contributed by atoms with E-state index in [2.05, 4.69) is 15.6 Å². The molecule has 1 amide bonds. The Morgan fingerprint density at radius 3 is 3.00 bits per heavy atom. The normalized spacial score (nSPS) is 18.3. The molecule has 1 saturated heterocycles. The summed E-state index contributed by atoms with van der Waals surface area (Å²) in [7, 11) is 0. The molecule has 1 aromatic carbocycles. The van der Waals surface area contributed by atoms with Gasteiger partial charge in [0.05, 0.1) is 5.56 Å².